The number of esters is 2. The van der Waals surface area contributed by atoms with Gasteiger partial charge in [-0.15, -0.1) is 0 Å². The molecule has 0 bridgehead atoms. The number of unbranched alkanes of at least 4 members (excludes halogenated alkanes) is 52. The smallest absolute Gasteiger partial charge is 0.462 e. The van der Waals surface area contributed by atoms with Crippen molar-refractivity contribution in [2.75, 3.05) is 88.4 Å². The van der Waals surface area contributed by atoms with Crippen LogP contribution in [0.15, 0.2) is 0 Å². The zero-order chi connectivity index (χ0) is 76.3. The van der Waals surface area contributed by atoms with Crippen LogP contribution in [0.4, 0.5) is 0 Å². The third kappa shape index (κ3) is 64.9. The summed E-state index contributed by atoms with van der Waals surface area (Å²) in [7, 11) is 0.954. The second-order valence-corrected chi connectivity index (χ2v) is 35.4. The van der Waals surface area contributed by atoms with E-state index in [9.17, 15) is 28.5 Å². The lowest BCUT2D eigenvalue weighted by molar-refractivity contribution is -0.870. The van der Waals surface area contributed by atoms with Gasteiger partial charge in [0.05, 0.1) is 55.5 Å². The molecule has 2 unspecified atom stereocenters. The summed E-state index contributed by atoms with van der Waals surface area (Å²) in [4.78, 5) is 82.1. The number of hydrogen-bond acceptors (Lipinski definition) is 13. The fourth-order valence-corrected chi connectivity index (χ4v) is 15.1. The highest BCUT2D eigenvalue weighted by atomic mass is 31.2. The maximum atomic E-state index is 15.6. The first-order chi connectivity index (χ1) is 49.5. The van der Waals surface area contributed by atoms with Gasteiger partial charge in [-0.2, -0.15) is 0 Å². The minimum absolute atomic E-state index is 0.0767. The normalized spacial score (nSPS) is 14.0. The number of Topliss-reactive ketones (excluding diaryl/α,β-unsaturated/α-hetero) is 2. The van der Waals surface area contributed by atoms with Crippen molar-refractivity contribution in [2.24, 2.45) is 0 Å². The van der Waals surface area contributed by atoms with Crippen LogP contribution in [0.2, 0.25) is 0 Å². The number of hydrogen-bond donors (Lipinski definition) is 2. The van der Waals surface area contributed by atoms with E-state index >= 15 is 9.59 Å². The monoisotopic (exact) mass is 1510 g/mol. The van der Waals surface area contributed by atoms with Crippen LogP contribution in [0.5, 0.6) is 0 Å². The third-order valence-corrected chi connectivity index (χ3v) is 22.2. The van der Waals surface area contributed by atoms with E-state index in [0.717, 1.165) is 96.3 Å². The van der Waals surface area contributed by atoms with Gasteiger partial charge in [-0.3, -0.25) is 37.3 Å². The van der Waals surface area contributed by atoms with E-state index in [2.05, 4.69) is 27.7 Å². The van der Waals surface area contributed by atoms with Crippen LogP contribution in [0.25, 0.3) is 0 Å². The summed E-state index contributed by atoms with van der Waals surface area (Å²) in [5, 5.41) is 0. The van der Waals surface area contributed by atoms with Crippen molar-refractivity contribution in [1.29, 1.82) is 0 Å². The quantitative estimate of drug-likeness (QED) is 0.0191. The van der Waals surface area contributed by atoms with Gasteiger partial charge in [0.1, 0.15) is 39.0 Å². The second-order valence-electron chi connectivity index (χ2n) is 32.6. The predicted octanol–water partition coefficient (Wildman–Crippen LogP) is 23.9. The summed E-state index contributed by atoms with van der Waals surface area (Å²) < 4.78 is 71.0. The Bertz CT molecular complexity index is 2030. The molecule has 17 nitrogen and oxygen atoms in total. The molecule has 0 heterocycles. The van der Waals surface area contributed by atoms with Crippen LogP contribution in [-0.2, 0) is 60.6 Å². The van der Waals surface area contributed by atoms with E-state index in [1.165, 1.54) is 225 Å². The number of phosphoric acid groups is 2. The van der Waals surface area contributed by atoms with Gasteiger partial charge in [-0.25, -0.2) is 9.13 Å². The van der Waals surface area contributed by atoms with Gasteiger partial charge in [-0.05, 0) is 25.7 Å². The lowest BCUT2D eigenvalue weighted by atomic mass is 9.82. The van der Waals surface area contributed by atoms with Crippen molar-refractivity contribution >= 4 is 39.2 Å². The molecule has 0 aromatic heterocycles. The van der Waals surface area contributed by atoms with Gasteiger partial charge in [-0.1, -0.05) is 362 Å². The van der Waals surface area contributed by atoms with Crippen LogP contribution < -0.4 is 0 Å². The number of phosphoric ester groups is 2. The lowest BCUT2D eigenvalue weighted by Gasteiger charge is -2.39. The molecule has 0 fully saturated rings. The Hall–Kier alpha value is -1.62. The van der Waals surface area contributed by atoms with Crippen LogP contribution in [0.3, 0.4) is 0 Å². The molecule has 0 aliphatic carbocycles. The van der Waals surface area contributed by atoms with Gasteiger partial charge in [0.25, 0.3) is 0 Å². The topological polar surface area (TPSA) is 207 Å². The molecule has 4 atom stereocenters. The Balaban J connectivity index is 7.18. The molecule has 0 radical (unpaired) electrons. The molecule has 0 rings (SSSR count). The SMILES string of the molecule is CCCCCCCCCCCCCCCCCC(=O)OC[C@H](CO[C@@H](COP(=O)(O)OCC[N+](C)(C)C)C(OP(=O)(O)OCC[N+](C)(C)C)(C(=O)CCCCCCCCCCCCCCC)C(=O)CCCCCCCCCCCCCCC)OC(=O)CCCCCCCCCCCCCCCCC. The molecule has 612 valence electrons. The molecule has 0 spiro atoms. The molecule has 103 heavy (non-hydrogen) atoms. The zero-order valence-corrected chi connectivity index (χ0v) is 70.8. The van der Waals surface area contributed by atoms with E-state index in [0.29, 0.717) is 54.0 Å². The van der Waals surface area contributed by atoms with Gasteiger partial charge in [0.2, 0.25) is 5.60 Å². The molecule has 0 saturated heterocycles. The first-order valence-corrected chi connectivity index (χ1v) is 46.4. The van der Waals surface area contributed by atoms with Gasteiger partial charge in [0, 0.05) is 25.7 Å². The number of likely N-dealkylation sites (N-methyl/N-ethyl adjacent to an activating group) is 2. The number of nitrogens with zero attached hydrogens (tertiary/aromatic N) is 2. The maximum Gasteiger partial charge on any atom is 0.473 e. The Morgan fingerprint density at radius 2 is 0.573 bits per heavy atom. The zero-order valence-electron chi connectivity index (χ0n) is 69.0. The molecule has 0 aromatic carbocycles. The van der Waals surface area contributed by atoms with Crippen LogP contribution in [0, 0.1) is 0 Å². The second kappa shape index (κ2) is 68.4. The van der Waals surface area contributed by atoms with Crippen LogP contribution in [-0.4, -0.2) is 148 Å². The minimum Gasteiger partial charge on any atom is -0.462 e. The lowest BCUT2D eigenvalue weighted by Crippen LogP contribution is -2.60. The molecule has 0 saturated carbocycles. The molecule has 0 aliphatic heterocycles. The molecule has 0 aromatic rings. The molecular formula is C84H168N2O15P2+2. The molecule has 0 aliphatic rings. The molecule has 19 heteroatoms. The maximum absolute atomic E-state index is 15.6. The minimum atomic E-state index is -5.38. The molecule has 0 amide bonds. The summed E-state index contributed by atoms with van der Waals surface area (Å²) in [6.07, 6.45) is 58.9. The van der Waals surface area contributed by atoms with Gasteiger partial charge >= 0.3 is 27.6 Å². The summed E-state index contributed by atoms with van der Waals surface area (Å²) >= 11 is 0. The van der Waals surface area contributed by atoms with Crippen molar-refractivity contribution in [2.45, 2.75) is 431 Å². The summed E-state index contributed by atoms with van der Waals surface area (Å²) in [5.41, 5.74) is -2.94. The van der Waals surface area contributed by atoms with Crippen LogP contribution >= 0.6 is 15.6 Å². The first-order valence-electron chi connectivity index (χ1n) is 43.4. The highest BCUT2D eigenvalue weighted by molar-refractivity contribution is 7.47. The largest absolute Gasteiger partial charge is 0.473 e. The van der Waals surface area contributed by atoms with Crippen LogP contribution in [0.1, 0.15) is 413 Å². The fourth-order valence-electron chi connectivity index (χ4n) is 13.3. The van der Waals surface area contributed by atoms with Crippen molar-refractivity contribution in [3.8, 4) is 0 Å². The van der Waals surface area contributed by atoms with E-state index in [4.69, 9.17) is 32.3 Å². The number of ketones is 2. The Morgan fingerprint density at radius 3 is 0.854 bits per heavy atom. The Labute approximate surface area is 634 Å². The first kappa shape index (κ1) is 101. The van der Waals surface area contributed by atoms with Gasteiger partial charge < -0.3 is 33.0 Å². The highest BCUT2D eigenvalue weighted by Crippen LogP contribution is 2.51. The van der Waals surface area contributed by atoms with Crippen molar-refractivity contribution in [1.82, 2.24) is 0 Å². The fraction of sp³-hybridized carbons (Fsp3) is 0.952. The predicted molar refractivity (Wildman–Crippen MR) is 427 cm³/mol. The average Bonchev–Trinajstić information content (AvgIpc) is 0.764. The van der Waals surface area contributed by atoms with E-state index in [1.807, 2.05) is 42.3 Å². The Morgan fingerprint density at radius 1 is 0.320 bits per heavy atom. The van der Waals surface area contributed by atoms with Crippen molar-refractivity contribution in [3.63, 3.8) is 0 Å². The number of rotatable bonds is 82. The summed E-state index contributed by atoms with van der Waals surface area (Å²) in [5.74, 6) is -2.80. The highest BCUT2D eigenvalue weighted by Gasteiger charge is 2.58. The standard InChI is InChI=1S/C84H166N2O15P2/c1-11-15-19-23-27-31-35-39-41-45-49-53-57-61-65-69-82(89)96-76-78(100-83(90)70-66-62-58-54-50-46-42-40-36-32-28-24-20-16-12-2)75-95-81(77-99-102(91,92)97-73-71-85(5,6)7)84(101-103(93,94)98-74-72-86(8,9)10,79(87)67-63-59-55-51-47-43-37-33-29-25-21-17-13-3)80(88)68-64-60-56-52-48-44-38-34-30-26-22-18-14-4/h78,81H,11-77H2,1-10H3/p+2/t78-,81-/m0/s1. The Kier molecular flexibility index (Phi) is 67.3. The average molecular weight is 1510 g/mol. The van der Waals surface area contributed by atoms with E-state index in [-0.39, 0.29) is 45.4 Å². The summed E-state index contributed by atoms with van der Waals surface area (Å²) in [6.45, 7) is 6.98. The third-order valence-electron chi connectivity index (χ3n) is 20.2. The van der Waals surface area contributed by atoms with E-state index < -0.39 is 76.8 Å². The number of quaternary nitrogens is 2. The van der Waals surface area contributed by atoms with E-state index in [1.54, 1.807) is 0 Å². The number of carbonyl (C=O) groups is 4. The van der Waals surface area contributed by atoms with Gasteiger partial charge in [0.15, 0.2) is 17.7 Å². The number of carbonyl (C=O) groups excluding carboxylic acids is 4. The van der Waals surface area contributed by atoms with Crippen molar-refractivity contribution in [3.05, 3.63) is 0 Å². The molecule has 2 N–H and O–H groups in total. The molecular weight excluding hydrogens is 1340 g/mol. The number of ether oxygens (including phenoxy) is 3. The van der Waals surface area contributed by atoms with Crippen molar-refractivity contribution < 1.29 is 79.4 Å². The summed E-state index contributed by atoms with van der Waals surface area (Å²) in [6, 6.07) is 0.